The van der Waals surface area contributed by atoms with E-state index in [1.807, 2.05) is 32.9 Å². The highest BCUT2D eigenvalue weighted by Crippen LogP contribution is 2.35. The van der Waals surface area contributed by atoms with Crippen LogP contribution in [0.5, 0.6) is 0 Å². The molecule has 2 atom stereocenters. The summed E-state index contributed by atoms with van der Waals surface area (Å²) >= 11 is 9.54. The fraction of sp³-hybridized carbons (Fsp3) is 0.538. The van der Waals surface area contributed by atoms with Gasteiger partial charge >= 0.3 is 0 Å². The average molecular weight is 322 g/mol. The van der Waals surface area contributed by atoms with Gasteiger partial charge in [0.2, 0.25) is 0 Å². The summed E-state index contributed by atoms with van der Waals surface area (Å²) in [5.41, 5.74) is 0.696. The monoisotopic (exact) mass is 320 g/mol. The van der Waals surface area contributed by atoms with Crippen molar-refractivity contribution in [3.05, 3.63) is 33.3 Å². The van der Waals surface area contributed by atoms with Gasteiger partial charge in [-0.2, -0.15) is 0 Å². The lowest BCUT2D eigenvalue weighted by atomic mass is 9.96. The molecule has 0 saturated carbocycles. The summed E-state index contributed by atoms with van der Waals surface area (Å²) in [7, 11) is 0. The zero-order valence-corrected chi connectivity index (χ0v) is 12.6. The molecule has 2 unspecified atom stereocenters. The fourth-order valence-electron chi connectivity index (χ4n) is 1.80. The molecule has 0 aliphatic heterocycles. The van der Waals surface area contributed by atoms with Crippen LogP contribution >= 0.6 is 27.5 Å². The maximum Gasteiger partial charge on any atom is 0.108 e. The molecule has 2 nitrogen and oxygen atoms in total. The van der Waals surface area contributed by atoms with Crippen molar-refractivity contribution in [2.75, 3.05) is 6.61 Å². The van der Waals surface area contributed by atoms with E-state index in [0.717, 1.165) is 4.47 Å². The quantitative estimate of drug-likeness (QED) is 0.881. The first-order valence-corrected chi connectivity index (χ1v) is 6.89. The van der Waals surface area contributed by atoms with Crippen molar-refractivity contribution in [1.29, 1.82) is 0 Å². The lowest BCUT2D eigenvalue weighted by Crippen LogP contribution is -2.28. The second-order valence-electron chi connectivity index (χ2n) is 4.24. The van der Waals surface area contributed by atoms with Crippen LogP contribution < -0.4 is 0 Å². The summed E-state index contributed by atoms with van der Waals surface area (Å²) in [6.45, 7) is 6.54. The summed E-state index contributed by atoms with van der Waals surface area (Å²) in [6.07, 6.45) is -0.978. The largest absolute Gasteiger partial charge is 0.386 e. The smallest absolute Gasteiger partial charge is 0.108 e. The van der Waals surface area contributed by atoms with Crippen LogP contribution in [0.15, 0.2) is 22.7 Å². The molecule has 0 fully saturated rings. The molecule has 0 aliphatic carbocycles. The van der Waals surface area contributed by atoms with Gasteiger partial charge < -0.3 is 9.84 Å². The van der Waals surface area contributed by atoms with Crippen LogP contribution in [0.3, 0.4) is 0 Å². The Morgan fingerprint density at radius 1 is 1.41 bits per heavy atom. The Labute approximate surface area is 116 Å². The van der Waals surface area contributed by atoms with Crippen LogP contribution in [-0.4, -0.2) is 17.8 Å². The first kappa shape index (κ1) is 15.0. The lowest BCUT2D eigenvalue weighted by molar-refractivity contribution is -0.0587. The van der Waals surface area contributed by atoms with Crippen LogP contribution in [0.2, 0.25) is 5.02 Å². The molecule has 0 amide bonds. The predicted octanol–water partition coefficient (Wildman–Crippen LogP) is 4.20. The molecule has 1 N–H and O–H groups in total. The van der Waals surface area contributed by atoms with Crippen molar-refractivity contribution < 1.29 is 9.84 Å². The summed E-state index contributed by atoms with van der Waals surface area (Å²) in [6, 6.07) is 5.48. The Balaban J connectivity index is 3.04. The third-order valence-corrected chi connectivity index (χ3v) is 3.64. The van der Waals surface area contributed by atoms with Gasteiger partial charge in [-0.15, -0.1) is 0 Å². The van der Waals surface area contributed by atoms with Gasteiger partial charge in [-0.25, -0.2) is 0 Å². The van der Waals surface area contributed by atoms with Gasteiger partial charge in [0.15, 0.2) is 0 Å². The van der Waals surface area contributed by atoms with Crippen LogP contribution in [0, 0.1) is 5.92 Å². The average Bonchev–Trinajstić information content (AvgIpc) is 2.24. The molecule has 1 aromatic carbocycles. The van der Waals surface area contributed by atoms with Crippen molar-refractivity contribution in [2.45, 2.75) is 33.0 Å². The van der Waals surface area contributed by atoms with E-state index >= 15 is 0 Å². The van der Waals surface area contributed by atoms with E-state index in [2.05, 4.69) is 15.9 Å². The Hall–Kier alpha value is -0.0900. The van der Waals surface area contributed by atoms with Crippen LogP contribution in [0.1, 0.15) is 32.4 Å². The molecular formula is C13H18BrClO2. The highest BCUT2D eigenvalue weighted by atomic mass is 79.9. The Morgan fingerprint density at radius 2 is 2.06 bits per heavy atom. The van der Waals surface area contributed by atoms with Gasteiger partial charge in [-0.1, -0.05) is 47.4 Å². The summed E-state index contributed by atoms with van der Waals surface area (Å²) in [5, 5.41) is 11.0. The Morgan fingerprint density at radius 3 is 2.53 bits per heavy atom. The molecule has 0 aliphatic rings. The minimum Gasteiger partial charge on any atom is -0.386 e. The Kier molecular flexibility index (Phi) is 5.93. The highest BCUT2D eigenvalue weighted by molar-refractivity contribution is 9.10. The van der Waals surface area contributed by atoms with Gasteiger partial charge in [-0.05, 0) is 25.0 Å². The zero-order valence-electron chi connectivity index (χ0n) is 10.3. The number of aliphatic hydroxyl groups is 1. The lowest BCUT2D eigenvalue weighted by Gasteiger charge is -2.27. The first-order valence-electron chi connectivity index (χ1n) is 5.72. The van der Waals surface area contributed by atoms with E-state index < -0.39 is 6.10 Å². The standard InChI is InChI=1S/C13H18BrClO2/c1-4-17-13(8(2)3)12(16)11-9(14)6-5-7-10(11)15/h5-8,12-13,16H,4H2,1-3H3. The predicted molar refractivity (Wildman–Crippen MR) is 74.4 cm³/mol. The van der Waals surface area contributed by atoms with Crippen molar-refractivity contribution >= 4 is 27.5 Å². The number of rotatable bonds is 5. The van der Waals surface area contributed by atoms with Gasteiger partial charge in [0, 0.05) is 21.7 Å². The second-order valence-corrected chi connectivity index (χ2v) is 5.51. The van der Waals surface area contributed by atoms with Gasteiger partial charge in [0.1, 0.15) is 6.10 Å². The molecule has 96 valence electrons. The molecule has 0 bridgehead atoms. The molecule has 0 spiro atoms. The number of hydrogen-bond acceptors (Lipinski definition) is 2. The van der Waals surface area contributed by atoms with E-state index in [9.17, 15) is 5.11 Å². The number of ether oxygens (including phenoxy) is 1. The minimum atomic E-state index is -0.724. The second kappa shape index (κ2) is 6.74. The Bertz CT molecular complexity index is 348. The third kappa shape index (κ3) is 3.68. The SMILES string of the molecule is CCOC(C(C)C)C(O)c1c(Cl)cccc1Br. The summed E-state index contributed by atoms with van der Waals surface area (Å²) < 4.78 is 6.41. The van der Waals surface area contributed by atoms with Crippen molar-refractivity contribution in [3.63, 3.8) is 0 Å². The van der Waals surface area contributed by atoms with Crippen LogP contribution in [0.4, 0.5) is 0 Å². The van der Waals surface area contributed by atoms with E-state index in [0.29, 0.717) is 17.2 Å². The van der Waals surface area contributed by atoms with E-state index in [1.54, 1.807) is 6.07 Å². The molecule has 1 aromatic rings. The molecule has 17 heavy (non-hydrogen) atoms. The molecule has 0 radical (unpaired) electrons. The maximum atomic E-state index is 10.4. The van der Waals surface area contributed by atoms with Crippen molar-refractivity contribution in [1.82, 2.24) is 0 Å². The van der Waals surface area contributed by atoms with Crippen molar-refractivity contribution in [2.24, 2.45) is 5.92 Å². The zero-order chi connectivity index (χ0) is 13.0. The number of halogens is 2. The number of aliphatic hydroxyl groups excluding tert-OH is 1. The van der Waals surface area contributed by atoms with Gasteiger partial charge in [0.05, 0.1) is 6.10 Å². The third-order valence-electron chi connectivity index (χ3n) is 2.62. The number of benzene rings is 1. The summed E-state index contributed by atoms with van der Waals surface area (Å²) in [4.78, 5) is 0. The fourth-order valence-corrected chi connectivity index (χ4v) is 2.80. The van der Waals surface area contributed by atoms with Gasteiger partial charge in [0.25, 0.3) is 0 Å². The number of hydrogen-bond donors (Lipinski definition) is 1. The van der Waals surface area contributed by atoms with Crippen LogP contribution in [0.25, 0.3) is 0 Å². The first-order chi connectivity index (χ1) is 7.99. The molecule has 4 heteroatoms. The van der Waals surface area contributed by atoms with Gasteiger partial charge in [-0.3, -0.25) is 0 Å². The molecular weight excluding hydrogens is 303 g/mol. The van der Waals surface area contributed by atoms with Crippen LogP contribution in [-0.2, 0) is 4.74 Å². The van der Waals surface area contributed by atoms with E-state index in [-0.39, 0.29) is 12.0 Å². The topological polar surface area (TPSA) is 29.5 Å². The molecule has 0 heterocycles. The van der Waals surface area contributed by atoms with Crippen molar-refractivity contribution in [3.8, 4) is 0 Å². The van der Waals surface area contributed by atoms with E-state index in [1.165, 1.54) is 0 Å². The minimum absolute atomic E-state index is 0.216. The normalized spacial score (nSPS) is 15.0. The molecule has 0 aromatic heterocycles. The summed E-state index contributed by atoms with van der Waals surface area (Å²) in [5.74, 6) is 0.216. The maximum absolute atomic E-state index is 10.4. The molecule has 0 saturated heterocycles. The highest BCUT2D eigenvalue weighted by Gasteiger charge is 2.27. The molecule has 1 rings (SSSR count). The van der Waals surface area contributed by atoms with E-state index in [4.69, 9.17) is 16.3 Å².